The molecule has 1 aliphatic heterocycles. The van der Waals surface area contributed by atoms with E-state index in [0.29, 0.717) is 12.4 Å². The topological polar surface area (TPSA) is 76.2 Å². The highest BCUT2D eigenvalue weighted by atomic mass is 16.6. The molecule has 1 aromatic heterocycles. The molecule has 0 spiro atoms. The molecule has 7 nitrogen and oxygen atoms in total. The van der Waals surface area contributed by atoms with E-state index < -0.39 is 4.92 Å². The molecule has 0 fully saturated rings. The monoisotopic (exact) mass is 237 g/mol. The fraction of sp³-hybridized carbons (Fsp3) is 0.500. The SMILES string of the molecule is Cn1cnc([N+](=O)[O-])c1NCCN1CC=CC1. The van der Waals surface area contributed by atoms with Gasteiger partial charge in [-0.05, 0) is 9.91 Å². The first-order valence-corrected chi connectivity index (χ1v) is 5.45. The van der Waals surface area contributed by atoms with Crippen LogP contribution in [0.15, 0.2) is 18.5 Å². The van der Waals surface area contributed by atoms with Crippen LogP contribution in [0.4, 0.5) is 11.6 Å². The van der Waals surface area contributed by atoms with E-state index in [-0.39, 0.29) is 5.82 Å². The average molecular weight is 237 g/mol. The molecule has 0 amide bonds. The van der Waals surface area contributed by atoms with Crippen LogP contribution in [0.3, 0.4) is 0 Å². The van der Waals surface area contributed by atoms with E-state index in [1.807, 2.05) is 0 Å². The second kappa shape index (κ2) is 4.96. The van der Waals surface area contributed by atoms with Gasteiger partial charge in [0.05, 0.1) is 0 Å². The van der Waals surface area contributed by atoms with Crippen molar-refractivity contribution in [1.29, 1.82) is 0 Å². The maximum Gasteiger partial charge on any atom is 0.406 e. The standard InChI is InChI=1S/C10H15N5O2/c1-13-8-12-10(15(16)17)9(13)11-4-7-14-5-2-3-6-14/h2-3,8,11H,4-7H2,1H3. The lowest BCUT2D eigenvalue weighted by Gasteiger charge is -2.15. The third kappa shape index (κ3) is 2.62. The number of anilines is 1. The van der Waals surface area contributed by atoms with E-state index in [1.165, 1.54) is 6.33 Å². The zero-order valence-corrected chi connectivity index (χ0v) is 9.67. The molecule has 0 aliphatic carbocycles. The van der Waals surface area contributed by atoms with Gasteiger partial charge in [-0.3, -0.25) is 9.47 Å². The first-order valence-electron chi connectivity index (χ1n) is 5.45. The Hall–Kier alpha value is -1.89. The molecule has 2 heterocycles. The lowest BCUT2D eigenvalue weighted by Crippen LogP contribution is -2.27. The zero-order valence-electron chi connectivity index (χ0n) is 9.67. The average Bonchev–Trinajstić information content (AvgIpc) is 2.89. The molecule has 0 saturated carbocycles. The van der Waals surface area contributed by atoms with Crippen molar-refractivity contribution in [2.45, 2.75) is 0 Å². The van der Waals surface area contributed by atoms with Gasteiger partial charge in [0.25, 0.3) is 0 Å². The molecule has 7 heteroatoms. The zero-order chi connectivity index (χ0) is 12.3. The van der Waals surface area contributed by atoms with Crippen LogP contribution in [-0.2, 0) is 7.05 Å². The summed E-state index contributed by atoms with van der Waals surface area (Å²) in [7, 11) is 1.74. The second-order valence-electron chi connectivity index (χ2n) is 3.94. The Balaban J connectivity index is 1.89. The molecular weight excluding hydrogens is 222 g/mol. The Kier molecular flexibility index (Phi) is 3.38. The summed E-state index contributed by atoms with van der Waals surface area (Å²) in [5.41, 5.74) is 0. The largest absolute Gasteiger partial charge is 0.406 e. The Labute approximate surface area is 98.9 Å². The van der Waals surface area contributed by atoms with E-state index in [9.17, 15) is 10.1 Å². The number of rotatable bonds is 5. The highest BCUT2D eigenvalue weighted by Gasteiger charge is 2.19. The number of nitrogens with one attached hydrogen (secondary N) is 1. The molecule has 0 unspecified atom stereocenters. The number of nitro groups is 1. The number of nitrogens with zero attached hydrogens (tertiary/aromatic N) is 4. The minimum absolute atomic E-state index is 0.118. The minimum atomic E-state index is -0.472. The van der Waals surface area contributed by atoms with Gasteiger partial charge < -0.3 is 15.4 Å². The number of aryl methyl sites for hydroxylation is 1. The molecule has 17 heavy (non-hydrogen) atoms. The second-order valence-corrected chi connectivity index (χ2v) is 3.94. The molecule has 0 bridgehead atoms. The van der Waals surface area contributed by atoms with Crippen molar-refractivity contribution >= 4 is 11.6 Å². The van der Waals surface area contributed by atoms with Crippen LogP contribution in [0.25, 0.3) is 0 Å². The number of imidazole rings is 1. The fourth-order valence-corrected chi connectivity index (χ4v) is 1.79. The lowest BCUT2D eigenvalue weighted by molar-refractivity contribution is -0.388. The normalized spacial score (nSPS) is 15.4. The van der Waals surface area contributed by atoms with E-state index in [4.69, 9.17) is 0 Å². The van der Waals surface area contributed by atoms with Crippen LogP contribution in [0.5, 0.6) is 0 Å². The van der Waals surface area contributed by atoms with Gasteiger partial charge in [-0.2, -0.15) is 0 Å². The van der Waals surface area contributed by atoms with Gasteiger partial charge in [0.2, 0.25) is 12.1 Å². The van der Waals surface area contributed by atoms with E-state index in [1.54, 1.807) is 11.6 Å². The van der Waals surface area contributed by atoms with E-state index >= 15 is 0 Å². The third-order valence-corrected chi connectivity index (χ3v) is 2.71. The van der Waals surface area contributed by atoms with Crippen LogP contribution < -0.4 is 5.32 Å². The van der Waals surface area contributed by atoms with Crippen molar-refractivity contribution in [1.82, 2.24) is 14.5 Å². The van der Waals surface area contributed by atoms with Crippen molar-refractivity contribution in [3.8, 4) is 0 Å². The molecule has 0 radical (unpaired) electrons. The van der Waals surface area contributed by atoms with Crippen LogP contribution in [0.2, 0.25) is 0 Å². The summed E-state index contributed by atoms with van der Waals surface area (Å²) < 4.78 is 1.63. The minimum Gasteiger partial charge on any atom is -0.363 e. The predicted molar refractivity (Wildman–Crippen MR) is 63.9 cm³/mol. The number of hydrogen-bond donors (Lipinski definition) is 1. The molecule has 0 aromatic carbocycles. The maximum atomic E-state index is 10.7. The van der Waals surface area contributed by atoms with Crippen molar-refractivity contribution in [3.63, 3.8) is 0 Å². The highest BCUT2D eigenvalue weighted by molar-refractivity contribution is 5.51. The molecule has 1 aromatic rings. The summed E-state index contributed by atoms with van der Waals surface area (Å²) in [6, 6.07) is 0. The summed E-state index contributed by atoms with van der Waals surface area (Å²) in [5, 5.41) is 13.8. The van der Waals surface area contributed by atoms with Gasteiger partial charge in [0.15, 0.2) is 0 Å². The van der Waals surface area contributed by atoms with Crippen molar-refractivity contribution in [3.05, 3.63) is 28.6 Å². The predicted octanol–water partition coefficient (Wildman–Crippen LogP) is 0.612. The Morgan fingerprint density at radius 2 is 2.24 bits per heavy atom. The molecule has 92 valence electrons. The summed E-state index contributed by atoms with van der Waals surface area (Å²) >= 11 is 0. The number of hydrogen-bond acceptors (Lipinski definition) is 5. The third-order valence-electron chi connectivity index (χ3n) is 2.71. The molecule has 1 N–H and O–H groups in total. The van der Waals surface area contributed by atoms with Gasteiger partial charge in [-0.25, -0.2) is 0 Å². The highest BCUT2D eigenvalue weighted by Crippen LogP contribution is 2.20. The lowest BCUT2D eigenvalue weighted by atomic mass is 10.5. The van der Waals surface area contributed by atoms with Crippen molar-refractivity contribution in [2.75, 3.05) is 31.5 Å². The molecule has 0 saturated heterocycles. The van der Waals surface area contributed by atoms with Crippen LogP contribution in [0, 0.1) is 10.1 Å². The summed E-state index contributed by atoms with van der Waals surface area (Å²) in [6.45, 7) is 3.43. The van der Waals surface area contributed by atoms with Crippen LogP contribution >= 0.6 is 0 Å². The quantitative estimate of drug-likeness (QED) is 0.461. The van der Waals surface area contributed by atoms with E-state index in [0.717, 1.165) is 19.6 Å². The Bertz CT molecular complexity index is 432. The molecule has 1 aliphatic rings. The molecule has 0 atom stereocenters. The van der Waals surface area contributed by atoms with Crippen molar-refractivity contribution in [2.24, 2.45) is 7.05 Å². The maximum absolute atomic E-state index is 10.7. The van der Waals surface area contributed by atoms with Gasteiger partial charge in [-0.1, -0.05) is 12.2 Å². The molecular formula is C10H15N5O2. The first kappa shape index (κ1) is 11.6. The van der Waals surface area contributed by atoms with Gasteiger partial charge >= 0.3 is 5.82 Å². The summed E-state index contributed by atoms with van der Waals surface area (Å²) in [4.78, 5) is 16.2. The Morgan fingerprint density at radius 3 is 2.88 bits per heavy atom. The van der Waals surface area contributed by atoms with Gasteiger partial charge in [0.1, 0.15) is 0 Å². The van der Waals surface area contributed by atoms with Crippen LogP contribution in [-0.4, -0.2) is 45.6 Å². The van der Waals surface area contributed by atoms with Gasteiger partial charge in [-0.15, -0.1) is 0 Å². The first-order chi connectivity index (χ1) is 8.18. The summed E-state index contributed by atoms with van der Waals surface area (Å²) in [6.07, 6.45) is 5.68. The smallest absolute Gasteiger partial charge is 0.363 e. The number of aromatic nitrogens is 2. The van der Waals surface area contributed by atoms with E-state index in [2.05, 4.69) is 27.4 Å². The Morgan fingerprint density at radius 1 is 1.53 bits per heavy atom. The fourth-order valence-electron chi connectivity index (χ4n) is 1.79. The van der Waals surface area contributed by atoms with Gasteiger partial charge in [0, 0.05) is 33.2 Å². The van der Waals surface area contributed by atoms with Crippen LogP contribution in [0.1, 0.15) is 0 Å². The van der Waals surface area contributed by atoms with Crippen molar-refractivity contribution < 1.29 is 4.92 Å². The molecule has 2 rings (SSSR count). The summed E-state index contributed by atoms with van der Waals surface area (Å²) in [5.74, 6) is 0.342.